The molecule has 1 aromatic rings. The molecule has 1 nitrogen and oxygen atoms in total. The minimum Gasteiger partial charge on any atom is -0.490 e. The van der Waals surface area contributed by atoms with E-state index in [0.29, 0.717) is 18.1 Å². The van der Waals surface area contributed by atoms with Crippen molar-refractivity contribution in [1.82, 2.24) is 0 Å². The van der Waals surface area contributed by atoms with Gasteiger partial charge in [-0.3, -0.25) is 0 Å². The van der Waals surface area contributed by atoms with E-state index >= 15 is 0 Å². The Labute approximate surface area is 188 Å². The summed E-state index contributed by atoms with van der Waals surface area (Å²) >= 11 is 0. The van der Waals surface area contributed by atoms with Gasteiger partial charge in [-0.25, -0.2) is 4.39 Å². The Morgan fingerprint density at radius 1 is 0.839 bits per heavy atom. The van der Waals surface area contributed by atoms with Gasteiger partial charge in [0.2, 0.25) is 5.82 Å². The Balaban J connectivity index is 1.45. The van der Waals surface area contributed by atoms with E-state index in [1.54, 1.807) is 12.1 Å². The first kappa shape index (κ1) is 24.3. The molecule has 0 saturated heterocycles. The highest BCUT2D eigenvalue weighted by atomic mass is 19.2. The van der Waals surface area contributed by atoms with Crippen LogP contribution in [0.1, 0.15) is 108 Å². The van der Waals surface area contributed by atoms with Gasteiger partial charge >= 0.3 is 0 Å². The summed E-state index contributed by atoms with van der Waals surface area (Å²) in [6, 6.07) is 3.42. The normalized spacial score (nSPS) is 26.5. The second-order valence-electron chi connectivity index (χ2n) is 9.92. The number of benzene rings is 1. The summed E-state index contributed by atoms with van der Waals surface area (Å²) in [7, 11) is 0. The zero-order chi connectivity index (χ0) is 22.1. The topological polar surface area (TPSA) is 9.23 Å². The van der Waals surface area contributed by atoms with Gasteiger partial charge in [-0.15, -0.1) is 6.58 Å². The van der Waals surface area contributed by atoms with Crippen LogP contribution in [0.4, 0.5) is 8.78 Å². The van der Waals surface area contributed by atoms with Gasteiger partial charge in [0, 0.05) is 0 Å². The number of hydrogen-bond donors (Lipinski definition) is 0. The van der Waals surface area contributed by atoms with Gasteiger partial charge in [-0.2, -0.15) is 4.39 Å². The Kier molecular flexibility index (Phi) is 9.87. The van der Waals surface area contributed by atoms with Gasteiger partial charge < -0.3 is 4.74 Å². The molecule has 2 aliphatic carbocycles. The van der Waals surface area contributed by atoms with Crippen molar-refractivity contribution in [2.75, 3.05) is 6.61 Å². The number of rotatable bonds is 11. The molecule has 2 aliphatic rings. The molecule has 0 amide bonds. The maximum absolute atomic E-state index is 14.8. The fraction of sp³-hybridized carbons (Fsp3) is 0.714. The Bertz CT molecular complexity index is 670. The number of unbranched alkanes of at least 4 members (excludes halogenated alkanes) is 5. The van der Waals surface area contributed by atoms with E-state index in [9.17, 15) is 8.78 Å². The highest BCUT2D eigenvalue weighted by Crippen LogP contribution is 2.45. The summed E-state index contributed by atoms with van der Waals surface area (Å²) in [6.07, 6.45) is 18.4. The highest BCUT2D eigenvalue weighted by molar-refractivity contribution is 5.33. The van der Waals surface area contributed by atoms with Crippen molar-refractivity contribution in [2.45, 2.75) is 103 Å². The average molecular weight is 433 g/mol. The third-order valence-corrected chi connectivity index (χ3v) is 7.86. The van der Waals surface area contributed by atoms with Crippen molar-refractivity contribution in [3.05, 3.63) is 42.0 Å². The van der Waals surface area contributed by atoms with Crippen LogP contribution < -0.4 is 4.74 Å². The van der Waals surface area contributed by atoms with E-state index in [1.165, 1.54) is 51.4 Å². The van der Waals surface area contributed by atoms with Crippen molar-refractivity contribution >= 4 is 0 Å². The molecular formula is C28H42F2O. The van der Waals surface area contributed by atoms with E-state index in [-0.39, 0.29) is 11.7 Å². The maximum Gasteiger partial charge on any atom is 0.200 e. The van der Waals surface area contributed by atoms with Crippen LogP contribution in [0.3, 0.4) is 0 Å². The fourth-order valence-electron chi connectivity index (χ4n) is 5.79. The van der Waals surface area contributed by atoms with Crippen LogP contribution in [0.2, 0.25) is 0 Å². The molecule has 3 rings (SSSR count). The minimum atomic E-state index is -0.798. The van der Waals surface area contributed by atoms with Gasteiger partial charge in [0.05, 0.1) is 6.61 Å². The molecule has 0 bridgehead atoms. The molecule has 0 unspecified atom stereocenters. The van der Waals surface area contributed by atoms with E-state index in [2.05, 4.69) is 19.6 Å². The van der Waals surface area contributed by atoms with Crippen LogP contribution in [-0.4, -0.2) is 6.61 Å². The molecular weight excluding hydrogens is 390 g/mol. The van der Waals surface area contributed by atoms with Crippen LogP contribution in [0.25, 0.3) is 0 Å². The molecule has 174 valence electrons. The van der Waals surface area contributed by atoms with Crippen LogP contribution in [0.5, 0.6) is 5.75 Å². The Morgan fingerprint density at radius 3 is 2.10 bits per heavy atom. The molecule has 2 saturated carbocycles. The third-order valence-electron chi connectivity index (χ3n) is 7.86. The SMILES string of the molecule is C=CC1CCC(C2CCC(c3ccc(OCCCCCCCC)c(F)c3F)CC2)CC1. The predicted molar refractivity (Wildman–Crippen MR) is 126 cm³/mol. The number of hydrogen-bond acceptors (Lipinski definition) is 1. The molecule has 0 heterocycles. The minimum absolute atomic E-state index is 0.0717. The second-order valence-corrected chi connectivity index (χ2v) is 9.92. The van der Waals surface area contributed by atoms with Crippen molar-refractivity contribution in [3.8, 4) is 5.75 Å². The van der Waals surface area contributed by atoms with Gasteiger partial charge in [0.1, 0.15) is 0 Å². The Hall–Kier alpha value is -1.38. The molecule has 1 aromatic carbocycles. The number of allylic oxidation sites excluding steroid dienone is 1. The lowest BCUT2D eigenvalue weighted by Gasteiger charge is -2.37. The third kappa shape index (κ3) is 6.80. The maximum atomic E-state index is 14.8. The van der Waals surface area contributed by atoms with Gasteiger partial charge in [-0.05, 0) is 93.1 Å². The highest BCUT2D eigenvalue weighted by Gasteiger charge is 2.32. The van der Waals surface area contributed by atoms with Crippen molar-refractivity contribution in [3.63, 3.8) is 0 Å². The van der Waals surface area contributed by atoms with Gasteiger partial charge in [0.15, 0.2) is 11.6 Å². The van der Waals surface area contributed by atoms with E-state index < -0.39 is 11.6 Å². The van der Waals surface area contributed by atoms with E-state index in [4.69, 9.17) is 4.74 Å². The van der Waals surface area contributed by atoms with Gasteiger partial charge in [-0.1, -0.05) is 51.2 Å². The summed E-state index contributed by atoms with van der Waals surface area (Å²) in [6.45, 7) is 6.60. The van der Waals surface area contributed by atoms with Crippen molar-refractivity contribution in [1.29, 1.82) is 0 Å². The van der Waals surface area contributed by atoms with Crippen LogP contribution in [0, 0.1) is 29.4 Å². The molecule has 0 atom stereocenters. The quantitative estimate of drug-likeness (QED) is 0.250. The number of halogens is 2. The molecule has 2 fully saturated rings. The standard InChI is InChI=1S/C28H42F2O/c1-3-5-6-7-8-9-20-31-26-19-18-25(27(29)28(26)30)24-16-14-23(15-17-24)22-12-10-21(4-2)11-13-22/h4,18-19,21-24H,2-3,5-17,20H2,1H3. The monoisotopic (exact) mass is 432 g/mol. The summed E-state index contributed by atoms with van der Waals surface area (Å²) in [5.74, 6) is 1.01. The van der Waals surface area contributed by atoms with E-state index in [0.717, 1.165) is 50.4 Å². The van der Waals surface area contributed by atoms with Crippen molar-refractivity contribution < 1.29 is 13.5 Å². The molecule has 0 aromatic heterocycles. The molecule has 0 N–H and O–H groups in total. The molecule has 31 heavy (non-hydrogen) atoms. The molecule has 0 aliphatic heterocycles. The lowest BCUT2D eigenvalue weighted by molar-refractivity contribution is 0.170. The predicted octanol–water partition coefficient (Wildman–Crippen LogP) is 8.97. The molecule has 3 heteroatoms. The largest absolute Gasteiger partial charge is 0.490 e. The first-order chi connectivity index (χ1) is 15.1. The molecule has 0 spiro atoms. The zero-order valence-corrected chi connectivity index (χ0v) is 19.5. The Morgan fingerprint density at radius 2 is 1.45 bits per heavy atom. The first-order valence-electron chi connectivity index (χ1n) is 12.9. The smallest absolute Gasteiger partial charge is 0.200 e. The summed E-state index contributed by atoms with van der Waals surface area (Å²) in [4.78, 5) is 0. The second kappa shape index (κ2) is 12.6. The summed E-state index contributed by atoms with van der Waals surface area (Å²) < 4.78 is 35.0. The van der Waals surface area contributed by atoms with Crippen LogP contribution >= 0.6 is 0 Å². The number of ether oxygens (including phenoxy) is 1. The van der Waals surface area contributed by atoms with Crippen molar-refractivity contribution in [2.24, 2.45) is 17.8 Å². The summed E-state index contributed by atoms with van der Waals surface area (Å²) in [5.41, 5.74) is 0.554. The van der Waals surface area contributed by atoms with E-state index in [1.807, 2.05) is 0 Å². The van der Waals surface area contributed by atoms with Crippen LogP contribution in [-0.2, 0) is 0 Å². The fourth-order valence-corrected chi connectivity index (χ4v) is 5.79. The average Bonchev–Trinajstić information content (AvgIpc) is 2.81. The molecule has 0 radical (unpaired) electrons. The zero-order valence-electron chi connectivity index (χ0n) is 19.5. The lowest BCUT2D eigenvalue weighted by Crippen LogP contribution is -2.25. The summed E-state index contributed by atoms with van der Waals surface area (Å²) in [5, 5.41) is 0. The first-order valence-corrected chi connectivity index (χ1v) is 12.9. The van der Waals surface area contributed by atoms with Crippen LogP contribution in [0.15, 0.2) is 24.8 Å². The lowest BCUT2D eigenvalue weighted by atomic mass is 9.68. The van der Waals surface area contributed by atoms with Gasteiger partial charge in [0.25, 0.3) is 0 Å².